The molecule has 0 aliphatic rings. The second-order valence-electron chi connectivity index (χ2n) is 7.03. The summed E-state index contributed by atoms with van der Waals surface area (Å²) in [6.45, 7) is 8.34. The van der Waals surface area contributed by atoms with Gasteiger partial charge in [0.05, 0.1) is 30.4 Å². The first-order valence-electron chi connectivity index (χ1n) is 9.75. The van der Waals surface area contributed by atoms with Crippen LogP contribution in [0.3, 0.4) is 0 Å². The van der Waals surface area contributed by atoms with Crippen LogP contribution in [0.2, 0.25) is 0 Å². The lowest BCUT2D eigenvalue weighted by Gasteiger charge is -2.16. The number of hydrogen-bond donors (Lipinski definition) is 1. The molecule has 0 aliphatic carbocycles. The van der Waals surface area contributed by atoms with E-state index in [0.717, 1.165) is 0 Å². The smallest absolute Gasteiger partial charge is 0.339 e. The average molecular weight is 410 g/mol. The fourth-order valence-corrected chi connectivity index (χ4v) is 2.43. The Labute approximate surface area is 176 Å². The first-order valence-corrected chi connectivity index (χ1v) is 9.75. The number of anilines is 1. The van der Waals surface area contributed by atoms with E-state index in [1.165, 1.54) is 6.92 Å². The van der Waals surface area contributed by atoms with Crippen LogP contribution >= 0.6 is 0 Å². The fourth-order valence-electron chi connectivity index (χ4n) is 2.43. The van der Waals surface area contributed by atoms with E-state index in [1.54, 1.807) is 42.5 Å². The number of nitriles is 1. The van der Waals surface area contributed by atoms with Crippen LogP contribution in [0.1, 0.15) is 43.6 Å². The summed E-state index contributed by atoms with van der Waals surface area (Å²) in [5, 5.41) is 11.5. The van der Waals surface area contributed by atoms with Crippen LogP contribution in [-0.4, -0.2) is 31.2 Å². The fraction of sp³-hybridized carbons (Fsp3) is 0.348. The third-order valence-corrected chi connectivity index (χ3v) is 3.99. The van der Waals surface area contributed by atoms with Gasteiger partial charge in [0.15, 0.2) is 17.6 Å². The van der Waals surface area contributed by atoms with Crippen LogP contribution in [0.15, 0.2) is 42.5 Å². The highest BCUT2D eigenvalue weighted by Gasteiger charge is 2.20. The zero-order chi connectivity index (χ0) is 22.1. The van der Waals surface area contributed by atoms with E-state index in [0.29, 0.717) is 41.9 Å². The molecule has 1 N–H and O–H groups in total. The Balaban J connectivity index is 2.03. The number of nitrogens with one attached hydrogen (secondary N) is 1. The molecule has 0 saturated carbocycles. The molecule has 0 heterocycles. The first kappa shape index (κ1) is 22.8. The highest BCUT2D eigenvalue weighted by atomic mass is 16.5. The molecule has 2 rings (SSSR count). The lowest BCUT2D eigenvalue weighted by Crippen LogP contribution is -2.30. The maximum absolute atomic E-state index is 12.5. The molecule has 0 radical (unpaired) electrons. The van der Waals surface area contributed by atoms with Crippen molar-refractivity contribution in [3.63, 3.8) is 0 Å². The van der Waals surface area contributed by atoms with Gasteiger partial charge >= 0.3 is 5.97 Å². The average Bonchev–Trinajstić information content (AvgIpc) is 2.73. The number of hydrogen-bond acceptors (Lipinski definition) is 6. The summed E-state index contributed by atoms with van der Waals surface area (Å²) in [7, 11) is 0. The molecule has 30 heavy (non-hydrogen) atoms. The predicted octanol–water partition coefficient (Wildman–Crippen LogP) is 4.18. The van der Waals surface area contributed by atoms with Gasteiger partial charge < -0.3 is 19.5 Å². The molecule has 7 heteroatoms. The molecule has 158 valence electrons. The van der Waals surface area contributed by atoms with Crippen LogP contribution in [0.5, 0.6) is 11.5 Å². The minimum absolute atomic E-state index is 0.258. The van der Waals surface area contributed by atoms with Gasteiger partial charge in [0.1, 0.15) is 0 Å². The molecule has 2 aromatic rings. The molecule has 2 aromatic carbocycles. The van der Waals surface area contributed by atoms with Crippen molar-refractivity contribution in [2.24, 2.45) is 5.92 Å². The van der Waals surface area contributed by atoms with E-state index < -0.39 is 18.0 Å². The number of carbonyl (C=O) groups is 2. The molecule has 0 unspecified atom stereocenters. The quantitative estimate of drug-likeness (QED) is 0.623. The van der Waals surface area contributed by atoms with Crippen molar-refractivity contribution in [1.29, 1.82) is 5.26 Å². The van der Waals surface area contributed by atoms with Gasteiger partial charge in [-0.2, -0.15) is 5.26 Å². The Hall–Kier alpha value is -3.53. The van der Waals surface area contributed by atoms with E-state index in [-0.39, 0.29) is 5.56 Å². The van der Waals surface area contributed by atoms with Gasteiger partial charge in [0.2, 0.25) is 0 Å². The maximum Gasteiger partial charge on any atom is 0.339 e. The number of ether oxygens (including phenoxy) is 3. The molecular formula is C23H26N2O5. The van der Waals surface area contributed by atoms with Crippen LogP contribution in [0, 0.1) is 17.2 Å². The topological polar surface area (TPSA) is 97.6 Å². The summed E-state index contributed by atoms with van der Waals surface area (Å²) in [5.74, 6) is 0.222. The SMILES string of the molecule is CCOc1cc(C(=O)O[C@H](C)C(=O)Nc2ccc(C#N)cc2)ccc1OCC(C)C. The number of carbonyl (C=O) groups excluding carboxylic acids is 2. The van der Waals surface area contributed by atoms with Crippen molar-refractivity contribution in [1.82, 2.24) is 0 Å². The van der Waals surface area contributed by atoms with Crippen molar-refractivity contribution >= 4 is 17.6 Å². The van der Waals surface area contributed by atoms with Crippen molar-refractivity contribution in [2.45, 2.75) is 33.8 Å². The largest absolute Gasteiger partial charge is 0.490 e. The molecule has 0 spiro atoms. The second kappa shape index (κ2) is 10.9. The lowest BCUT2D eigenvalue weighted by molar-refractivity contribution is -0.123. The molecule has 0 aromatic heterocycles. The maximum atomic E-state index is 12.5. The predicted molar refractivity (Wildman–Crippen MR) is 113 cm³/mol. The number of amides is 1. The third kappa shape index (κ3) is 6.52. The van der Waals surface area contributed by atoms with Crippen LogP contribution in [0.4, 0.5) is 5.69 Å². The van der Waals surface area contributed by atoms with Crippen molar-refractivity contribution in [3.8, 4) is 17.6 Å². The summed E-state index contributed by atoms with van der Waals surface area (Å²) in [4.78, 5) is 24.8. The molecule has 0 aliphatic heterocycles. The lowest BCUT2D eigenvalue weighted by atomic mass is 10.2. The number of nitrogens with zero attached hydrogens (tertiary/aromatic N) is 1. The van der Waals surface area contributed by atoms with Crippen LogP contribution < -0.4 is 14.8 Å². The molecular weight excluding hydrogens is 384 g/mol. The monoisotopic (exact) mass is 410 g/mol. The van der Waals surface area contributed by atoms with Crippen molar-refractivity contribution in [2.75, 3.05) is 18.5 Å². The Bertz CT molecular complexity index is 916. The van der Waals surface area contributed by atoms with Crippen molar-refractivity contribution < 1.29 is 23.8 Å². The van der Waals surface area contributed by atoms with Gasteiger partial charge in [0, 0.05) is 5.69 Å². The van der Waals surface area contributed by atoms with E-state index in [2.05, 4.69) is 5.32 Å². The Kier molecular flexibility index (Phi) is 8.24. The number of rotatable bonds is 9. The zero-order valence-electron chi connectivity index (χ0n) is 17.6. The summed E-state index contributed by atoms with van der Waals surface area (Å²) in [6, 6.07) is 13.2. The summed E-state index contributed by atoms with van der Waals surface area (Å²) < 4.78 is 16.6. The van der Waals surface area contributed by atoms with Crippen LogP contribution in [-0.2, 0) is 9.53 Å². The van der Waals surface area contributed by atoms with E-state index >= 15 is 0 Å². The van der Waals surface area contributed by atoms with Gasteiger partial charge in [0.25, 0.3) is 5.91 Å². The Morgan fingerprint density at radius 1 is 1.03 bits per heavy atom. The van der Waals surface area contributed by atoms with Gasteiger partial charge in [-0.25, -0.2) is 4.79 Å². The third-order valence-electron chi connectivity index (χ3n) is 3.99. The molecule has 0 bridgehead atoms. The number of benzene rings is 2. The Morgan fingerprint density at radius 3 is 2.33 bits per heavy atom. The van der Waals surface area contributed by atoms with E-state index in [1.807, 2.05) is 26.8 Å². The second-order valence-corrected chi connectivity index (χ2v) is 7.03. The molecule has 1 amide bonds. The summed E-state index contributed by atoms with van der Waals surface area (Å²) in [5.41, 5.74) is 1.25. The van der Waals surface area contributed by atoms with E-state index in [4.69, 9.17) is 19.5 Å². The zero-order valence-corrected chi connectivity index (χ0v) is 17.6. The minimum Gasteiger partial charge on any atom is -0.490 e. The van der Waals surface area contributed by atoms with Crippen molar-refractivity contribution in [3.05, 3.63) is 53.6 Å². The normalized spacial score (nSPS) is 11.3. The molecule has 7 nitrogen and oxygen atoms in total. The van der Waals surface area contributed by atoms with Gasteiger partial charge in [-0.05, 0) is 62.2 Å². The standard InChI is InChI=1S/C23H26N2O5/c1-5-28-21-12-18(8-11-20(21)29-14-15(2)3)23(27)30-16(4)22(26)25-19-9-6-17(13-24)7-10-19/h6-12,15-16H,5,14H2,1-4H3,(H,25,26)/t16-/m1/s1. The molecule has 1 atom stereocenters. The summed E-state index contributed by atoms with van der Waals surface area (Å²) in [6.07, 6.45) is -1.01. The van der Waals surface area contributed by atoms with Gasteiger partial charge in [-0.15, -0.1) is 0 Å². The highest BCUT2D eigenvalue weighted by molar-refractivity contribution is 5.97. The first-order chi connectivity index (χ1) is 14.3. The Morgan fingerprint density at radius 2 is 1.73 bits per heavy atom. The van der Waals surface area contributed by atoms with Crippen LogP contribution in [0.25, 0.3) is 0 Å². The molecule has 0 fully saturated rings. The number of esters is 1. The van der Waals surface area contributed by atoms with Gasteiger partial charge in [-0.1, -0.05) is 13.8 Å². The molecule has 0 saturated heterocycles. The van der Waals surface area contributed by atoms with Gasteiger partial charge in [-0.3, -0.25) is 4.79 Å². The van der Waals surface area contributed by atoms with E-state index in [9.17, 15) is 9.59 Å². The highest BCUT2D eigenvalue weighted by Crippen LogP contribution is 2.29. The summed E-state index contributed by atoms with van der Waals surface area (Å²) >= 11 is 0. The minimum atomic E-state index is -1.01.